The van der Waals surface area contributed by atoms with Crippen LogP contribution in [0.15, 0.2) is 18.2 Å². The number of halogens is 2. The first-order valence-electron chi connectivity index (χ1n) is 8.12. The van der Waals surface area contributed by atoms with Crippen molar-refractivity contribution in [2.24, 2.45) is 5.92 Å². The van der Waals surface area contributed by atoms with E-state index >= 15 is 0 Å². The first-order chi connectivity index (χ1) is 10.6. The molecule has 1 saturated carbocycles. The lowest BCUT2D eigenvalue weighted by molar-refractivity contribution is -0.132. The van der Waals surface area contributed by atoms with E-state index in [2.05, 4.69) is 10.2 Å². The van der Waals surface area contributed by atoms with Crippen molar-refractivity contribution in [2.75, 3.05) is 13.1 Å². The Morgan fingerprint density at radius 3 is 2.86 bits per heavy atom. The molecule has 0 aromatic heterocycles. The average Bonchev–Trinajstić information content (AvgIpc) is 3.20. The van der Waals surface area contributed by atoms with E-state index in [0.29, 0.717) is 28.0 Å². The number of benzene rings is 1. The Morgan fingerprint density at radius 2 is 2.00 bits per heavy atom. The maximum atomic E-state index is 12.8. The van der Waals surface area contributed by atoms with E-state index in [1.807, 2.05) is 12.1 Å². The molecule has 1 aliphatic carbocycles. The molecule has 3 fully saturated rings. The van der Waals surface area contributed by atoms with Crippen LogP contribution in [0.3, 0.4) is 0 Å². The van der Waals surface area contributed by atoms with E-state index in [4.69, 9.17) is 23.2 Å². The van der Waals surface area contributed by atoms with Gasteiger partial charge in [-0.05, 0) is 43.2 Å². The lowest BCUT2D eigenvalue weighted by Gasteiger charge is -2.24. The molecule has 1 aromatic rings. The van der Waals surface area contributed by atoms with Gasteiger partial charge < -0.3 is 10.2 Å². The molecule has 2 bridgehead atoms. The number of hydrogen-bond donors (Lipinski definition) is 1. The first-order valence-corrected chi connectivity index (χ1v) is 8.88. The fraction of sp³-hybridized carbons (Fsp3) is 0.588. The Hall–Kier alpha value is -0.770. The van der Waals surface area contributed by atoms with Crippen LogP contribution in [-0.2, 0) is 4.79 Å². The molecule has 4 unspecified atom stereocenters. The van der Waals surface area contributed by atoms with Gasteiger partial charge in [0, 0.05) is 31.1 Å². The van der Waals surface area contributed by atoms with E-state index in [1.165, 1.54) is 12.8 Å². The number of hydrogen-bond acceptors (Lipinski definition) is 2. The second-order valence-corrected chi connectivity index (χ2v) is 7.59. The Bertz CT molecular complexity index is 606. The summed E-state index contributed by atoms with van der Waals surface area (Å²) in [7, 11) is 0. The number of nitrogens with one attached hydrogen (secondary N) is 1. The minimum Gasteiger partial charge on any atom is -0.341 e. The van der Waals surface area contributed by atoms with E-state index < -0.39 is 0 Å². The Labute approximate surface area is 141 Å². The van der Waals surface area contributed by atoms with Gasteiger partial charge in [-0.2, -0.15) is 0 Å². The number of carbonyl (C=O) groups is 1. The smallest absolute Gasteiger partial charge is 0.226 e. The molecule has 1 amide bonds. The Balaban J connectivity index is 1.45. The van der Waals surface area contributed by atoms with Gasteiger partial charge in [-0.15, -0.1) is 0 Å². The van der Waals surface area contributed by atoms with Crippen molar-refractivity contribution in [3.8, 4) is 0 Å². The number of fused-ring (bicyclic) bond motifs is 2. The first kappa shape index (κ1) is 14.8. The SMILES string of the molecule is O=C(C1CC1c1cccc(Cl)c1Cl)N1CCC2CCC(C1)N2. The van der Waals surface area contributed by atoms with Crippen LogP contribution in [0, 0.1) is 5.92 Å². The average molecular weight is 339 g/mol. The molecule has 0 spiro atoms. The van der Waals surface area contributed by atoms with Crippen LogP contribution < -0.4 is 5.32 Å². The summed E-state index contributed by atoms with van der Waals surface area (Å²) in [5.41, 5.74) is 1.03. The third kappa shape index (κ3) is 2.64. The van der Waals surface area contributed by atoms with Crippen LogP contribution >= 0.6 is 23.2 Å². The summed E-state index contributed by atoms with van der Waals surface area (Å²) in [6.45, 7) is 1.75. The monoisotopic (exact) mass is 338 g/mol. The molecule has 3 nitrogen and oxygen atoms in total. The third-order valence-electron chi connectivity index (χ3n) is 5.32. The molecule has 3 aliphatic rings. The minimum absolute atomic E-state index is 0.0904. The van der Waals surface area contributed by atoms with E-state index in [0.717, 1.165) is 31.5 Å². The predicted molar refractivity (Wildman–Crippen MR) is 88.5 cm³/mol. The fourth-order valence-electron chi connectivity index (χ4n) is 4.00. The molecule has 22 heavy (non-hydrogen) atoms. The zero-order valence-electron chi connectivity index (χ0n) is 12.4. The molecule has 2 saturated heterocycles. The normalized spacial score (nSPS) is 33.6. The van der Waals surface area contributed by atoms with Crippen LogP contribution in [0.1, 0.15) is 37.2 Å². The molecule has 4 atom stereocenters. The van der Waals surface area contributed by atoms with Crippen LogP contribution in [0.2, 0.25) is 10.0 Å². The fourth-order valence-corrected chi connectivity index (χ4v) is 4.44. The summed E-state index contributed by atoms with van der Waals surface area (Å²) >= 11 is 12.4. The maximum Gasteiger partial charge on any atom is 0.226 e. The van der Waals surface area contributed by atoms with Crippen molar-refractivity contribution >= 4 is 29.1 Å². The molecular weight excluding hydrogens is 319 g/mol. The lowest BCUT2D eigenvalue weighted by atomic mass is 10.1. The number of amides is 1. The molecule has 5 heteroatoms. The predicted octanol–water partition coefficient (Wildman–Crippen LogP) is 3.45. The summed E-state index contributed by atoms with van der Waals surface area (Å²) in [4.78, 5) is 14.9. The number of likely N-dealkylation sites (tertiary alicyclic amines) is 1. The molecule has 2 aliphatic heterocycles. The zero-order chi connectivity index (χ0) is 15.3. The minimum atomic E-state index is 0.0904. The van der Waals surface area contributed by atoms with Crippen molar-refractivity contribution in [1.29, 1.82) is 0 Å². The molecular formula is C17H20Cl2N2O. The highest BCUT2D eigenvalue weighted by Gasteiger charge is 2.47. The summed E-state index contributed by atoms with van der Waals surface area (Å²) in [5, 5.41) is 4.81. The molecule has 1 N–H and O–H groups in total. The molecule has 1 aromatic carbocycles. The van der Waals surface area contributed by atoms with Gasteiger partial charge in [0.25, 0.3) is 0 Å². The summed E-state index contributed by atoms with van der Waals surface area (Å²) in [6, 6.07) is 6.81. The lowest BCUT2D eigenvalue weighted by Crippen LogP contribution is -2.40. The van der Waals surface area contributed by atoms with Crippen molar-refractivity contribution in [1.82, 2.24) is 10.2 Å². The van der Waals surface area contributed by atoms with Gasteiger partial charge in [-0.1, -0.05) is 35.3 Å². The summed E-state index contributed by atoms with van der Waals surface area (Å²) in [6.07, 6.45) is 4.44. The topological polar surface area (TPSA) is 32.3 Å². The second kappa shape index (κ2) is 5.70. The molecule has 2 heterocycles. The van der Waals surface area contributed by atoms with Gasteiger partial charge in [0.1, 0.15) is 0 Å². The van der Waals surface area contributed by atoms with Gasteiger partial charge in [0.2, 0.25) is 5.91 Å². The van der Waals surface area contributed by atoms with E-state index in [9.17, 15) is 4.79 Å². The van der Waals surface area contributed by atoms with Gasteiger partial charge in [0.05, 0.1) is 10.0 Å². The van der Waals surface area contributed by atoms with Crippen molar-refractivity contribution in [3.05, 3.63) is 33.8 Å². The number of carbonyl (C=O) groups excluding carboxylic acids is 1. The Morgan fingerprint density at radius 1 is 1.18 bits per heavy atom. The number of rotatable bonds is 2. The summed E-state index contributed by atoms with van der Waals surface area (Å²) < 4.78 is 0. The summed E-state index contributed by atoms with van der Waals surface area (Å²) in [5.74, 6) is 0.634. The van der Waals surface area contributed by atoms with Crippen LogP contribution in [-0.4, -0.2) is 36.0 Å². The van der Waals surface area contributed by atoms with E-state index in [1.54, 1.807) is 6.07 Å². The van der Waals surface area contributed by atoms with Gasteiger partial charge >= 0.3 is 0 Å². The third-order valence-corrected chi connectivity index (χ3v) is 6.16. The zero-order valence-corrected chi connectivity index (χ0v) is 13.9. The van der Waals surface area contributed by atoms with Crippen molar-refractivity contribution in [3.63, 3.8) is 0 Å². The number of nitrogens with zero attached hydrogens (tertiary/aromatic N) is 1. The van der Waals surface area contributed by atoms with Gasteiger partial charge in [0.15, 0.2) is 0 Å². The van der Waals surface area contributed by atoms with E-state index in [-0.39, 0.29) is 11.8 Å². The molecule has 4 rings (SSSR count). The highest BCUT2D eigenvalue weighted by Crippen LogP contribution is 2.51. The highest BCUT2D eigenvalue weighted by molar-refractivity contribution is 6.42. The van der Waals surface area contributed by atoms with Gasteiger partial charge in [-0.3, -0.25) is 4.79 Å². The quantitative estimate of drug-likeness (QED) is 0.895. The maximum absolute atomic E-state index is 12.8. The largest absolute Gasteiger partial charge is 0.341 e. The van der Waals surface area contributed by atoms with Crippen molar-refractivity contribution < 1.29 is 4.79 Å². The van der Waals surface area contributed by atoms with Crippen molar-refractivity contribution in [2.45, 2.75) is 43.7 Å². The second-order valence-electron chi connectivity index (χ2n) is 6.80. The molecule has 118 valence electrons. The van der Waals surface area contributed by atoms with Crippen LogP contribution in [0.4, 0.5) is 0 Å². The Kier molecular flexibility index (Phi) is 3.83. The highest BCUT2D eigenvalue weighted by atomic mass is 35.5. The van der Waals surface area contributed by atoms with Crippen LogP contribution in [0.5, 0.6) is 0 Å². The van der Waals surface area contributed by atoms with Gasteiger partial charge in [-0.25, -0.2) is 0 Å². The van der Waals surface area contributed by atoms with Crippen LogP contribution in [0.25, 0.3) is 0 Å². The molecule has 0 radical (unpaired) electrons. The standard InChI is InChI=1S/C17H20Cl2N2O/c18-15-3-1-2-12(16(15)19)13-8-14(13)17(22)21-7-6-10-4-5-11(9-21)20-10/h1-3,10-11,13-14,20H,4-9H2.